The summed E-state index contributed by atoms with van der Waals surface area (Å²) < 4.78 is 102. The zero-order valence-corrected chi connectivity index (χ0v) is 21.6. The maximum absolute atomic E-state index is 15.3. The van der Waals surface area contributed by atoms with Crippen molar-refractivity contribution in [3.8, 4) is 5.88 Å². The van der Waals surface area contributed by atoms with E-state index in [2.05, 4.69) is 20.3 Å². The first-order valence-corrected chi connectivity index (χ1v) is 13.1. The molecule has 1 aliphatic heterocycles. The number of rotatable bonds is 7. The molecule has 1 aliphatic rings. The van der Waals surface area contributed by atoms with E-state index in [0.717, 1.165) is 48.3 Å². The summed E-state index contributed by atoms with van der Waals surface area (Å²) in [6.45, 7) is -1.15. The average molecular weight is 590 g/mol. The number of ether oxygens (including phenoxy) is 1. The molecule has 3 aromatic rings. The summed E-state index contributed by atoms with van der Waals surface area (Å²) in [6.07, 6.45) is -1.74. The van der Waals surface area contributed by atoms with Crippen LogP contribution in [0.5, 0.6) is 5.88 Å². The summed E-state index contributed by atoms with van der Waals surface area (Å²) in [6, 6.07) is 5.13. The molecule has 15 heteroatoms. The number of nitrogens with one attached hydrogen (secondary N) is 1. The van der Waals surface area contributed by atoms with E-state index in [4.69, 9.17) is 4.74 Å². The summed E-state index contributed by atoms with van der Waals surface area (Å²) in [4.78, 5) is 25.3. The van der Waals surface area contributed by atoms with Crippen LogP contribution >= 0.6 is 11.8 Å². The molecule has 214 valence electrons. The fraction of sp³-hybridized carbons (Fsp3) is 0.360. The molecule has 0 bridgehead atoms. The number of para-hydroxylation sites is 1. The Hall–Kier alpha value is -3.62. The van der Waals surface area contributed by atoms with E-state index in [1.54, 1.807) is 6.26 Å². The molecule has 0 aliphatic carbocycles. The van der Waals surface area contributed by atoms with Gasteiger partial charge in [-0.1, -0.05) is 23.9 Å². The summed E-state index contributed by atoms with van der Waals surface area (Å²) in [5.74, 6) is -6.73. The topological polar surface area (TPSA) is 80.2 Å². The Morgan fingerprint density at radius 1 is 1.05 bits per heavy atom. The second-order valence-corrected chi connectivity index (χ2v) is 9.57. The highest BCUT2D eigenvalue weighted by atomic mass is 32.2. The predicted octanol–water partition coefficient (Wildman–Crippen LogP) is 6.47. The van der Waals surface area contributed by atoms with Crippen LogP contribution in [0.4, 0.5) is 41.2 Å². The zero-order valence-electron chi connectivity index (χ0n) is 20.8. The number of anilines is 1. The van der Waals surface area contributed by atoms with Gasteiger partial charge < -0.3 is 15.0 Å². The quantitative estimate of drug-likeness (QED) is 0.193. The lowest BCUT2D eigenvalue weighted by molar-refractivity contribution is -0.141. The van der Waals surface area contributed by atoms with Crippen molar-refractivity contribution >= 4 is 23.5 Å². The van der Waals surface area contributed by atoms with Gasteiger partial charge in [-0.3, -0.25) is 0 Å². The smallest absolute Gasteiger partial charge is 0.433 e. The standard InChI is InChI=1S/C25H22F7N5O2S/c1-40-22-33-12-15(24(28,29)13-39-19-7-3-6-18(34-19)25(30,31)32)20(35-22)14-8-10-37(11-9-14)23(38)36-21-16(26)4-2-5-17(21)27/h2-7,12,14H,8-11,13H2,1H3,(H,36,38). The molecule has 40 heavy (non-hydrogen) atoms. The van der Waals surface area contributed by atoms with E-state index < -0.39 is 65.1 Å². The minimum atomic E-state index is -4.77. The van der Waals surface area contributed by atoms with Gasteiger partial charge in [-0.05, 0) is 37.3 Å². The fourth-order valence-electron chi connectivity index (χ4n) is 4.12. The molecule has 3 heterocycles. The van der Waals surface area contributed by atoms with Gasteiger partial charge in [-0.2, -0.15) is 22.0 Å². The first-order valence-electron chi connectivity index (χ1n) is 11.8. The number of hydrogen-bond acceptors (Lipinski definition) is 6. The molecule has 0 radical (unpaired) electrons. The van der Waals surface area contributed by atoms with E-state index in [1.165, 1.54) is 4.90 Å². The van der Waals surface area contributed by atoms with Crippen LogP contribution in [-0.2, 0) is 12.1 Å². The Kier molecular flexibility index (Phi) is 8.71. The molecule has 0 saturated carbocycles. The lowest BCUT2D eigenvalue weighted by Crippen LogP contribution is -2.41. The van der Waals surface area contributed by atoms with Crippen molar-refractivity contribution < 1.29 is 40.3 Å². The lowest BCUT2D eigenvalue weighted by atomic mass is 9.89. The van der Waals surface area contributed by atoms with E-state index in [9.17, 15) is 26.7 Å². The molecule has 1 saturated heterocycles. The SMILES string of the molecule is CSc1ncc(C(F)(F)COc2cccc(C(F)(F)F)n2)c(C2CCN(C(=O)Nc3c(F)cccc3F)CC2)n1. The minimum absolute atomic E-state index is 0.0187. The van der Waals surface area contributed by atoms with Crippen molar-refractivity contribution in [2.45, 2.75) is 36.0 Å². The summed E-state index contributed by atoms with van der Waals surface area (Å²) in [7, 11) is 0. The normalized spacial score (nSPS) is 14.8. The molecule has 0 unspecified atom stereocenters. The molecule has 1 N–H and O–H groups in total. The Labute approximate surface area is 228 Å². The summed E-state index contributed by atoms with van der Waals surface area (Å²) in [5.41, 5.74) is -2.42. The van der Waals surface area contributed by atoms with Crippen molar-refractivity contribution in [2.75, 3.05) is 31.3 Å². The van der Waals surface area contributed by atoms with E-state index in [-0.39, 0.29) is 36.8 Å². The molecule has 0 atom stereocenters. The lowest BCUT2D eigenvalue weighted by Gasteiger charge is -2.33. The number of likely N-dealkylation sites (tertiary alicyclic amines) is 1. The molecule has 2 amide bonds. The van der Waals surface area contributed by atoms with E-state index in [1.807, 2.05) is 0 Å². The number of aromatic nitrogens is 3. The van der Waals surface area contributed by atoms with Gasteiger partial charge in [0, 0.05) is 31.3 Å². The van der Waals surface area contributed by atoms with Crippen LogP contribution in [0.25, 0.3) is 0 Å². The van der Waals surface area contributed by atoms with Crippen LogP contribution in [0, 0.1) is 11.6 Å². The van der Waals surface area contributed by atoms with Crippen LogP contribution in [0.3, 0.4) is 0 Å². The van der Waals surface area contributed by atoms with Crippen LogP contribution in [0.15, 0.2) is 47.8 Å². The Morgan fingerprint density at radius 3 is 2.33 bits per heavy atom. The predicted molar refractivity (Wildman–Crippen MR) is 131 cm³/mol. The van der Waals surface area contributed by atoms with Crippen molar-refractivity contribution in [3.63, 3.8) is 0 Å². The number of piperidine rings is 1. The fourth-order valence-corrected chi connectivity index (χ4v) is 4.47. The highest BCUT2D eigenvalue weighted by Gasteiger charge is 2.40. The highest BCUT2D eigenvalue weighted by molar-refractivity contribution is 7.98. The number of pyridine rings is 1. The average Bonchev–Trinajstić information content (AvgIpc) is 2.93. The monoisotopic (exact) mass is 589 g/mol. The number of thioether (sulfide) groups is 1. The van der Waals surface area contributed by atoms with Crippen molar-refractivity contribution in [2.24, 2.45) is 0 Å². The van der Waals surface area contributed by atoms with Crippen molar-refractivity contribution in [1.29, 1.82) is 0 Å². The Bertz CT molecular complexity index is 1350. The molecule has 0 spiro atoms. The second-order valence-electron chi connectivity index (χ2n) is 8.80. The summed E-state index contributed by atoms with van der Waals surface area (Å²) in [5, 5.41) is 2.42. The van der Waals surface area contributed by atoms with Crippen molar-refractivity contribution in [3.05, 3.63) is 71.2 Å². The molecule has 1 fully saturated rings. The number of halogens is 7. The molecule has 2 aromatic heterocycles. The number of alkyl halides is 5. The first-order chi connectivity index (χ1) is 18.9. The van der Waals surface area contributed by atoms with Gasteiger partial charge >= 0.3 is 18.1 Å². The Morgan fingerprint density at radius 2 is 1.70 bits per heavy atom. The molecular weight excluding hydrogens is 567 g/mol. The largest absolute Gasteiger partial charge is 0.471 e. The third-order valence-electron chi connectivity index (χ3n) is 6.15. The van der Waals surface area contributed by atoms with Crippen molar-refractivity contribution in [1.82, 2.24) is 19.9 Å². The number of urea groups is 1. The third-order valence-corrected chi connectivity index (χ3v) is 6.71. The van der Waals surface area contributed by atoms with Crippen LogP contribution in [0.1, 0.15) is 35.7 Å². The Balaban J connectivity index is 1.48. The van der Waals surface area contributed by atoms with Gasteiger partial charge in [-0.25, -0.2) is 28.5 Å². The van der Waals surface area contributed by atoms with Gasteiger partial charge in [0.2, 0.25) is 5.88 Å². The number of carbonyl (C=O) groups is 1. The minimum Gasteiger partial charge on any atom is -0.471 e. The van der Waals surface area contributed by atoms with Gasteiger partial charge in [0.1, 0.15) is 23.0 Å². The van der Waals surface area contributed by atoms with E-state index in [0.29, 0.717) is 6.07 Å². The first kappa shape index (κ1) is 29.4. The van der Waals surface area contributed by atoms with Gasteiger partial charge in [0.05, 0.1) is 11.3 Å². The van der Waals surface area contributed by atoms with Gasteiger partial charge in [0.25, 0.3) is 0 Å². The number of nitrogens with zero attached hydrogens (tertiary/aromatic N) is 4. The highest BCUT2D eigenvalue weighted by Crippen LogP contribution is 2.38. The molecule has 7 nitrogen and oxygen atoms in total. The van der Waals surface area contributed by atoms with Gasteiger partial charge in [-0.15, -0.1) is 0 Å². The molecular formula is C25H22F7N5O2S. The van der Waals surface area contributed by atoms with Crippen LogP contribution in [0.2, 0.25) is 0 Å². The molecule has 1 aromatic carbocycles. The van der Waals surface area contributed by atoms with Crippen LogP contribution in [-0.4, -0.2) is 51.8 Å². The van der Waals surface area contributed by atoms with E-state index >= 15 is 8.78 Å². The number of carbonyl (C=O) groups excluding carboxylic acids is 1. The maximum atomic E-state index is 15.3. The maximum Gasteiger partial charge on any atom is 0.433 e. The zero-order chi connectivity index (χ0) is 29.1. The summed E-state index contributed by atoms with van der Waals surface area (Å²) >= 11 is 1.13. The number of benzene rings is 1. The van der Waals surface area contributed by atoms with Crippen LogP contribution < -0.4 is 10.1 Å². The second kappa shape index (κ2) is 11.9. The van der Waals surface area contributed by atoms with Gasteiger partial charge in [0.15, 0.2) is 11.8 Å². The number of amides is 2. The molecule has 4 rings (SSSR count). The third kappa shape index (κ3) is 6.74. The number of hydrogen-bond donors (Lipinski definition) is 1.